The fraction of sp³-hybridized carbons (Fsp3) is 0.375. The molecule has 0 spiro atoms. The van der Waals surface area contributed by atoms with Crippen LogP contribution in [0.25, 0.3) is 11.5 Å². The van der Waals surface area contributed by atoms with E-state index in [1.54, 1.807) is 18.2 Å². The van der Waals surface area contributed by atoms with Gasteiger partial charge in [0, 0.05) is 43.7 Å². The summed E-state index contributed by atoms with van der Waals surface area (Å²) in [4.78, 5) is 23.4. The Balaban J connectivity index is 1.34. The highest BCUT2D eigenvalue weighted by molar-refractivity contribution is 6.32. The molecule has 0 unspecified atom stereocenters. The number of anilines is 1. The summed E-state index contributed by atoms with van der Waals surface area (Å²) < 4.78 is 11.4. The van der Waals surface area contributed by atoms with Crippen LogP contribution in [0.1, 0.15) is 34.5 Å². The third-order valence-electron chi connectivity index (χ3n) is 6.08. The van der Waals surface area contributed by atoms with Crippen LogP contribution in [0.4, 0.5) is 5.95 Å². The molecule has 1 fully saturated rings. The Bertz CT molecular complexity index is 1200. The number of aliphatic hydroxyl groups is 1. The summed E-state index contributed by atoms with van der Waals surface area (Å²) >= 11 is 12.4. The van der Waals surface area contributed by atoms with E-state index in [0.717, 1.165) is 18.4 Å². The molecule has 2 aliphatic rings. The standard InChI is InChI=1S/C24H24Cl2N4O4/c25-15-3-1-2-14(10-15)11-21(31)30-7-4-19-17(23(30)32)12-20(34-19)22-18(26)13-27-24(29-22)28-16-5-8-33-9-6-16/h1-3,10,12-13,16,21,31H,4-9,11H2,(H,27,28,29)/t21-/m0/s1. The summed E-state index contributed by atoms with van der Waals surface area (Å²) in [6.07, 6.45) is 3.05. The molecule has 2 aliphatic heterocycles. The second kappa shape index (κ2) is 9.92. The summed E-state index contributed by atoms with van der Waals surface area (Å²) in [5, 5.41) is 15.0. The summed E-state index contributed by atoms with van der Waals surface area (Å²) in [5.41, 5.74) is 1.67. The number of hydrogen-bond acceptors (Lipinski definition) is 7. The van der Waals surface area contributed by atoms with E-state index in [-0.39, 0.29) is 18.4 Å². The number of hydrogen-bond donors (Lipinski definition) is 2. The fourth-order valence-corrected chi connectivity index (χ4v) is 4.69. The summed E-state index contributed by atoms with van der Waals surface area (Å²) in [7, 11) is 0. The molecule has 178 valence electrons. The van der Waals surface area contributed by atoms with Crippen LogP contribution in [0, 0.1) is 0 Å². The molecule has 8 nitrogen and oxygen atoms in total. The van der Waals surface area contributed by atoms with Crippen molar-refractivity contribution in [3.05, 3.63) is 63.5 Å². The molecule has 2 aromatic heterocycles. The van der Waals surface area contributed by atoms with E-state index in [1.807, 2.05) is 12.1 Å². The van der Waals surface area contributed by atoms with Crippen LogP contribution in [0.15, 0.2) is 40.9 Å². The van der Waals surface area contributed by atoms with E-state index in [4.69, 9.17) is 32.4 Å². The van der Waals surface area contributed by atoms with Crippen LogP contribution in [0.5, 0.6) is 0 Å². The van der Waals surface area contributed by atoms with Gasteiger partial charge in [0.05, 0.1) is 16.8 Å². The van der Waals surface area contributed by atoms with Crippen molar-refractivity contribution in [2.45, 2.75) is 38.0 Å². The van der Waals surface area contributed by atoms with Gasteiger partial charge in [0.15, 0.2) is 5.76 Å². The van der Waals surface area contributed by atoms with E-state index < -0.39 is 6.23 Å². The number of fused-ring (bicyclic) bond motifs is 1. The van der Waals surface area contributed by atoms with Crippen LogP contribution in [-0.2, 0) is 17.6 Å². The zero-order valence-corrected chi connectivity index (χ0v) is 19.8. The van der Waals surface area contributed by atoms with Crippen LogP contribution in [0.2, 0.25) is 10.0 Å². The van der Waals surface area contributed by atoms with Gasteiger partial charge < -0.3 is 24.5 Å². The molecule has 1 aromatic carbocycles. The first-order chi connectivity index (χ1) is 16.5. The van der Waals surface area contributed by atoms with E-state index in [2.05, 4.69) is 15.3 Å². The van der Waals surface area contributed by atoms with Crippen LogP contribution < -0.4 is 5.32 Å². The fourth-order valence-electron chi connectivity index (χ4n) is 4.29. The van der Waals surface area contributed by atoms with Crippen molar-refractivity contribution in [2.24, 2.45) is 0 Å². The maximum atomic E-state index is 13.2. The first-order valence-electron chi connectivity index (χ1n) is 11.2. The highest BCUT2D eigenvalue weighted by atomic mass is 35.5. The van der Waals surface area contributed by atoms with Crippen LogP contribution in [-0.4, -0.2) is 57.9 Å². The van der Waals surface area contributed by atoms with Gasteiger partial charge in [-0.05, 0) is 36.6 Å². The molecule has 0 bridgehead atoms. The van der Waals surface area contributed by atoms with Crippen molar-refractivity contribution in [3.63, 3.8) is 0 Å². The molecule has 3 aromatic rings. The van der Waals surface area contributed by atoms with Crippen LogP contribution in [0.3, 0.4) is 0 Å². The lowest BCUT2D eigenvalue weighted by atomic mass is 10.0. The van der Waals surface area contributed by atoms with E-state index in [9.17, 15) is 9.90 Å². The predicted molar refractivity (Wildman–Crippen MR) is 128 cm³/mol. The maximum absolute atomic E-state index is 13.2. The van der Waals surface area contributed by atoms with Gasteiger partial charge in [0.2, 0.25) is 5.95 Å². The molecule has 0 saturated carbocycles. The number of benzene rings is 1. The van der Waals surface area contributed by atoms with E-state index >= 15 is 0 Å². The van der Waals surface area contributed by atoms with Gasteiger partial charge >= 0.3 is 0 Å². The lowest BCUT2D eigenvalue weighted by Gasteiger charge is -2.30. The molecule has 1 saturated heterocycles. The molecule has 1 amide bonds. The zero-order chi connectivity index (χ0) is 23.7. The van der Waals surface area contributed by atoms with Crippen molar-refractivity contribution >= 4 is 35.1 Å². The van der Waals surface area contributed by atoms with Crippen molar-refractivity contribution in [3.8, 4) is 11.5 Å². The van der Waals surface area contributed by atoms with Gasteiger partial charge in [0.1, 0.15) is 17.7 Å². The molecular formula is C24H24Cl2N4O4. The number of furan rings is 1. The minimum atomic E-state index is -0.976. The van der Waals surface area contributed by atoms with Crippen molar-refractivity contribution in [1.29, 1.82) is 0 Å². The predicted octanol–water partition coefficient (Wildman–Crippen LogP) is 4.19. The highest BCUT2D eigenvalue weighted by Crippen LogP contribution is 2.33. The lowest BCUT2D eigenvalue weighted by Crippen LogP contribution is -2.45. The number of carbonyl (C=O) groups excluding carboxylic acids is 1. The number of rotatable bonds is 6. The van der Waals surface area contributed by atoms with Gasteiger partial charge in [-0.3, -0.25) is 4.79 Å². The van der Waals surface area contributed by atoms with Crippen molar-refractivity contribution in [2.75, 3.05) is 25.1 Å². The summed E-state index contributed by atoms with van der Waals surface area (Å²) in [5.74, 6) is 1.11. The Kier molecular flexibility index (Phi) is 6.74. The average molecular weight is 503 g/mol. The zero-order valence-electron chi connectivity index (χ0n) is 18.3. The quantitative estimate of drug-likeness (QED) is 0.520. The minimum absolute atomic E-state index is 0.226. The van der Waals surface area contributed by atoms with Gasteiger partial charge in [0.25, 0.3) is 5.91 Å². The largest absolute Gasteiger partial charge is 0.458 e. The molecule has 34 heavy (non-hydrogen) atoms. The number of nitrogens with one attached hydrogen (secondary N) is 1. The molecule has 4 heterocycles. The SMILES string of the molecule is O=C1c2cc(-c3nc(NC4CCOCC4)ncc3Cl)oc2CCN1[C@@H](O)Cc1cccc(Cl)c1. The van der Waals surface area contributed by atoms with Crippen molar-refractivity contribution < 1.29 is 19.1 Å². The summed E-state index contributed by atoms with van der Waals surface area (Å²) in [6, 6.07) is 9.11. The third-order valence-corrected chi connectivity index (χ3v) is 6.59. The van der Waals surface area contributed by atoms with E-state index in [0.29, 0.717) is 65.0 Å². The van der Waals surface area contributed by atoms with Crippen LogP contribution >= 0.6 is 23.2 Å². The molecule has 2 N–H and O–H groups in total. The number of amides is 1. The molecule has 0 radical (unpaired) electrons. The Labute approximate surface area is 206 Å². The smallest absolute Gasteiger partial charge is 0.259 e. The van der Waals surface area contributed by atoms with Gasteiger partial charge in [-0.1, -0.05) is 35.3 Å². The summed E-state index contributed by atoms with van der Waals surface area (Å²) in [6.45, 7) is 1.74. The second-order valence-electron chi connectivity index (χ2n) is 8.43. The first-order valence-corrected chi connectivity index (χ1v) is 12.0. The normalized spacial score (nSPS) is 17.5. The maximum Gasteiger partial charge on any atom is 0.259 e. The Hall–Kier alpha value is -2.65. The Morgan fingerprint density at radius 1 is 1.24 bits per heavy atom. The Morgan fingerprint density at radius 3 is 2.85 bits per heavy atom. The van der Waals surface area contributed by atoms with Gasteiger partial charge in [-0.15, -0.1) is 0 Å². The van der Waals surface area contributed by atoms with E-state index in [1.165, 1.54) is 11.1 Å². The Morgan fingerprint density at radius 2 is 2.06 bits per heavy atom. The second-order valence-corrected chi connectivity index (χ2v) is 9.28. The monoisotopic (exact) mass is 502 g/mol. The molecular weight excluding hydrogens is 479 g/mol. The molecule has 1 atom stereocenters. The number of aliphatic hydroxyl groups excluding tert-OH is 1. The highest BCUT2D eigenvalue weighted by Gasteiger charge is 2.33. The number of ether oxygens (including phenoxy) is 1. The molecule has 10 heteroatoms. The van der Waals surface area contributed by atoms with Gasteiger partial charge in [-0.2, -0.15) is 0 Å². The molecule has 0 aliphatic carbocycles. The number of aromatic nitrogens is 2. The van der Waals surface area contributed by atoms with Gasteiger partial charge in [-0.25, -0.2) is 9.97 Å². The number of halogens is 2. The van der Waals surface area contributed by atoms with Crippen molar-refractivity contribution in [1.82, 2.24) is 14.9 Å². The number of nitrogens with zero attached hydrogens (tertiary/aromatic N) is 3. The topological polar surface area (TPSA) is 101 Å². The minimum Gasteiger partial charge on any atom is -0.458 e. The average Bonchev–Trinajstić information content (AvgIpc) is 3.26. The first kappa shape index (κ1) is 23.1. The number of carbonyl (C=O) groups is 1. The lowest BCUT2D eigenvalue weighted by molar-refractivity contribution is 0.00531. The molecule has 5 rings (SSSR count). The third kappa shape index (κ3) is 4.90.